The Kier molecular flexibility index (Phi) is 9.12. The van der Waals surface area contributed by atoms with Gasteiger partial charge in [0.25, 0.3) is 0 Å². The first-order chi connectivity index (χ1) is 14.5. The number of nitrogens with one attached hydrogen (secondary N) is 2. The molecule has 0 heterocycles. The van der Waals surface area contributed by atoms with Gasteiger partial charge in [0.1, 0.15) is 12.0 Å². The molecular weight excluding hydrogens is 378 g/mol. The van der Waals surface area contributed by atoms with Crippen molar-refractivity contribution >= 4 is 24.7 Å². The summed E-state index contributed by atoms with van der Waals surface area (Å²) in [6.45, 7) is 9.05. The SMILES string of the molecule is C=NN(C)C(=NCc1ccc(C)cc1)N/C(=C\C=O)CNc1ccc(OCC)cc1. The second kappa shape index (κ2) is 12.1. The molecule has 0 fully saturated rings. The van der Waals surface area contributed by atoms with Crippen LogP contribution in [0.5, 0.6) is 5.75 Å². The molecule has 2 aromatic rings. The first-order valence-corrected chi connectivity index (χ1v) is 9.74. The Morgan fingerprint density at radius 2 is 1.87 bits per heavy atom. The zero-order chi connectivity index (χ0) is 21.8. The summed E-state index contributed by atoms with van der Waals surface area (Å²) >= 11 is 0. The Balaban J connectivity index is 2.06. The van der Waals surface area contributed by atoms with Gasteiger partial charge in [-0.25, -0.2) is 10.0 Å². The third-order valence-corrected chi connectivity index (χ3v) is 4.24. The van der Waals surface area contributed by atoms with Crippen LogP contribution in [-0.4, -0.2) is 44.2 Å². The molecule has 158 valence electrons. The van der Waals surface area contributed by atoms with E-state index in [1.54, 1.807) is 7.05 Å². The van der Waals surface area contributed by atoms with E-state index in [1.165, 1.54) is 16.6 Å². The molecule has 0 unspecified atom stereocenters. The van der Waals surface area contributed by atoms with Gasteiger partial charge in [-0.3, -0.25) is 4.79 Å². The zero-order valence-electron chi connectivity index (χ0n) is 17.8. The number of nitrogens with zero attached hydrogens (tertiary/aromatic N) is 3. The van der Waals surface area contributed by atoms with Crippen molar-refractivity contribution in [1.29, 1.82) is 0 Å². The van der Waals surface area contributed by atoms with E-state index < -0.39 is 0 Å². The largest absolute Gasteiger partial charge is 0.494 e. The molecule has 7 heteroatoms. The Bertz CT molecular complexity index is 873. The van der Waals surface area contributed by atoms with Crippen LogP contribution in [0.3, 0.4) is 0 Å². The summed E-state index contributed by atoms with van der Waals surface area (Å²) in [5.74, 6) is 1.31. The molecule has 30 heavy (non-hydrogen) atoms. The number of benzene rings is 2. The van der Waals surface area contributed by atoms with E-state index in [9.17, 15) is 4.79 Å². The summed E-state index contributed by atoms with van der Waals surface area (Å²) in [5.41, 5.74) is 3.83. The van der Waals surface area contributed by atoms with E-state index >= 15 is 0 Å². The predicted molar refractivity (Wildman–Crippen MR) is 123 cm³/mol. The predicted octanol–water partition coefficient (Wildman–Crippen LogP) is 3.58. The minimum Gasteiger partial charge on any atom is -0.494 e. The number of carbonyl (C=O) groups is 1. The molecule has 0 aliphatic rings. The van der Waals surface area contributed by atoms with Crippen LogP contribution in [0.15, 0.2) is 70.4 Å². The molecule has 0 atom stereocenters. The van der Waals surface area contributed by atoms with Crippen molar-refractivity contribution in [3.63, 3.8) is 0 Å². The van der Waals surface area contributed by atoms with Crippen molar-refractivity contribution < 1.29 is 9.53 Å². The molecular formula is C23H29N5O2. The van der Waals surface area contributed by atoms with Gasteiger partial charge in [-0.15, -0.1) is 0 Å². The number of rotatable bonds is 10. The zero-order valence-corrected chi connectivity index (χ0v) is 17.8. The summed E-state index contributed by atoms with van der Waals surface area (Å²) in [4.78, 5) is 15.7. The van der Waals surface area contributed by atoms with Crippen molar-refractivity contribution in [3.8, 4) is 5.75 Å². The fourth-order valence-electron chi connectivity index (χ4n) is 2.55. The normalized spacial score (nSPS) is 11.6. The van der Waals surface area contributed by atoms with Gasteiger partial charge in [-0.1, -0.05) is 29.8 Å². The van der Waals surface area contributed by atoms with E-state index in [1.807, 2.05) is 62.4 Å². The third-order valence-electron chi connectivity index (χ3n) is 4.24. The minimum atomic E-state index is 0.404. The molecule has 7 nitrogen and oxygen atoms in total. The average Bonchev–Trinajstić information content (AvgIpc) is 2.76. The third kappa shape index (κ3) is 7.43. The molecule has 2 aromatic carbocycles. The lowest BCUT2D eigenvalue weighted by Crippen LogP contribution is -2.37. The van der Waals surface area contributed by atoms with Crippen molar-refractivity contribution in [2.24, 2.45) is 10.1 Å². The molecule has 0 aliphatic carbocycles. The number of aliphatic imine (C=N–C) groups is 1. The maximum absolute atomic E-state index is 11.1. The summed E-state index contributed by atoms with van der Waals surface area (Å²) in [6.07, 6.45) is 2.20. The molecule has 2 N–H and O–H groups in total. The van der Waals surface area contributed by atoms with E-state index in [-0.39, 0.29) is 0 Å². The lowest BCUT2D eigenvalue weighted by Gasteiger charge is -2.19. The molecule has 0 saturated carbocycles. The second-order valence-corrected chi connectivity index (χ2v) is 6.55. The van der Waals surface area contributed by atoms with Crippen LogP contribution in [0.25, 0.3) is 0 Å². The highest BCUT2D eigenvalue weighted by Crippen LogP contribution is 2.15. The Morgan fingerprint density at radius 1 is 1.17 bits per heavy atom. The van der Waals surface area contributed by atoms with Gasteiger partial charge in [0, 0.05) is 25.1 Å². The summed E-state index contributed by atoms with van der Waals surface area (Å²) < 4.78 is 5.45. The number of hydrogen-bond donors (Lipinski definition) is 2. The summed E-state index contributed by atoms with van der Waals surface area (Å²) in [6, 6.07) is 15.8. The van der Waals surface area contributed by atoms with Crippen LogP contribution in [0.1, 0.15) is 18.1 Å². The van der Waals surface area contributed by atoms with Crippen molar-refractivity contribution in [3.05, 3.63) is 71.4 Å². The Hall–Kier alpha value is -3.61. The smallest absolute Gasteiger partial charge is 0.219 e. The highest BCUT2D eigenvalue weighted by atomic mass is 16.5. The number of aryl methyl sites for hydroxylation is 1. The van der Waals surface area contributed by atoms with Crippen LogP contribution < -0.4 is 15.4 Å². The van der Waals surface area contributed by atoms with Gasteiger partial charge in [0.2, 0.25) is 5.96 Å². The highest BCUT2D eigenvalue weighted by molar-refractivity contribution is 5.82. The van der Waals surface area contributed by atoms with Crippen LogP contribution in [0.4, 0.5) is 5.69 Å². The standard InChI is InChI=1S/C23H29N5O2/c1-5-30-22-12-10-20(11-13-22)25-17-21(14-15-29)27-23(28(4)24-3)26-16-19-8-6-18(2)7-9-19/h6-15,25H,3,5,16-17H2,1-2,4H3,(H,26,27)/b21-14-. The summed E-state index contributed by atoms with van der Waals surface area (Å²) in [5, 5.41) is 11.9. The minimum absolute atomic E-state index is 0.404. The van der Waals surface area contributed by atoms with E-state index in [0.29, 0.717) is 31.4 Å². The van der Waals surface area contributed by atoms with Crippen molar-refractivity contribution in [2.75, 3.05) is 25.5 Å². The van der Waals surface area contributed by atoms with Crippen LogP contribution in [-0.2, 0) is 11.3 Å². The maximum atomic E-state index is 11.1. The van der Waals surface area contributed by atoms with Crippen LogP contribution in [0.2, 0.25) is 0 Å². The Labute approximate surface area is 178 Å². The van der Waals surface area contributed by atoms with Crippen LogP contribution >= 0.6 is 0 Å². The molecule has 0 saturated heterocycles. The van der Waals surface area contributed by atoms with E-state index in [0.717, 1.165) is 23.3 Å². The van der Waals surface area contributed by atoms with Gasteiger partial charge < -0.3 is 15.4 Å². The number of ether oxygens (including phenoxy) is 1. The van der Waals surface area contributed by atoms with Crippen molar-refractivity contribution in [2.45, 2.75) is 20.4 Å². The first-order valence-electron chi connectivity index (χ1n) is 9.74. The number of hydrazone groups is 1. The average molecular weight is 408 g/mol. The molecule has 0 amide bonds. The number of anilines is 1. The molecule has 0 aliphatic heterocycles. The quantitative estimate of drug-likeness (QED) is 0.207. The fraction of sp³-hybridized carbons (Fsp3) is 0.261. The summed E-state index contributed by atoms with van der Waals surface area (Å²) in [7, 11) is 1.74. The van der Waals surface area contributed by atoms with Crippen LogP contribution in [0, 0.1) is 6.92 Å². The van der Waals surface area contributed by atoms with Gasteiger partial charge in [0.05, 0.1) is 19.7 Å². The van der Waals surface area contributed by atoms with Gasteiger partial charge in [-0.2, -0.15) is 5.10 Å². The molecule has 0 radical (unpaired) electrons. The number of aldehydes is 1. The highest BCUT2D eigenvalue weighted by Gasteiger charge is 2.08. The second-order valence-electron chi connectivity index (χ2n) is 6.55. The first kappa shape index (κ1) is 22.7. The van der Waals surface area contributed by atoms with E-state index in [4.69, 9.17) is 4.74 Å². The fourth-order valence-corrected chi connectivity index (χ4v) is 2.55. The molecule has 0 bridgehead atoms. The number of hydrogen-bond acceptors (Lipinski definition) is 5. The Morgan fingerprint density at radius 3 is 2.47 bits per heavy atom. The van der Waals surface area contributed by atoms with Gasteiger partial charge in [0.15, 0.2) is 0 Å². The molecule has 0 spiro atoms. The monoisotopic (exact) mass is 407 g/mol. The van der Waals surface area contributed by atoms with Gasteiger partial charge in [-0.05, 0) is 49.8 Å². The van der Waals surface area contributed by atoms with Crippen molar-refractivity contribution in [1.82, 2.24) is 10.3 Å². The maximum Gasteiger partial charge on any atom is 0.219 e. The topological polar surface area (TPSA) is 78.3 Å². The number of allylic oxidation sites excluding steroid dienone is 1. The van der Waals surface area contributed by atoms with E-state index in [2.05, 4.69) is 27.4 Å². The number of guanidine groups is 1. The van der Waals surface area contributed by atoms with Gasteiger partial charge >= 0.3 is 0 Å². The number of carbonyl (C=O) groups excluding carboxylic acids is 1. The lowest BCUT2D eigenvalue weighted by molar-refractivity contribution is -0.104. The molecule has 2 rings (SSSR count). The molecule has 0 aromatic heterocycles. The lowest BCUT2D eigenvalue weighted by atomic mass is 10.1.